The average Bonchev–Trinajstić information content (AvgIpc) is 3.04. The van der Waals surface area contributed by atoms with E-state index in [9.17, 15) is 14.7 Å². The van der Waals surface area contributed by atoms with Crippen molar-refractivity contribution in [2.45, 2.75) is 25.4 Å². The second-order valence-corrected chi connectivity index (χ2v) is 7.15. The number of carbonyl (C=O) groups is 2. The molecular weight excluding hydrogens is 378 g/mol. The number of hydrogen-bond acceptors (Lipinski definition) is 5. The summed E-state index contributed by atoms with van der Waals surface area (Å²) in [6, 6.07) is 16.2. The summed E-state index contributed by atoms with van der Waals surface area (Å²) in [6.45, 7) is 0.235. The van der Waals surface area contributed by atoms with Crippen molar-refractivity contribution in [2.75, 3.05) is 0 Å². The number of hydrogen-bond donors (Lipinski definition) is 1. The highest BCUT2D eigenvalue weighted by Crippen LogP contribution is 2.39. The molecule has 0 saturated carbocycles. The molecule has 0 saturated heterocycles. The van der Waals surface area contributed by atoms with Crippen LogP contribution in [0.4, 0.5) is 0 Å². The van der Waals surface area contributed by atoms with Crippen LogP contribution < -0.4 is 0 Å². The number of aryl methyl sites for hydroxylation is 1. The molecule has 4 rings (SSSR count). The van der Waals surface area contributed by atoms with Crippen molar-refractivity contribution in [2.24, 2.45) is 0 Å². The maximum Gasteiger partial charge on any atom is 0.290 e. The Morgan fingerprint density at radius 2 is 1.67 bits per heavy atom. The number of aliphatic hydroxyl groups excluding tert-OH is 1. The van der Waals surface area contributed by atoms with Crippen molar-refractivity contribution in [3.05, 3.63) is 107 Å². The zero-order valence-electron chi connectivity index (χ0n) is 16.3. The van der Waals surface area contributed by atoms with Crippen LogP contribution in [0.1, 0.15) is 29.2 Å². The van der Waals surface area contributed by atoms with E-state index < -0.39 is 17.7 Å². The van der Waals surface area contributed by atoms with E-state index in [4.69, 9.17) is 0 Å². The van der Waals surface area contributed by atoms with Gasteiger partial charge in [0.25, 0.3) is 5.91 Å². The molecule has 1 aliphatic rings. The summed E-state index contributed by atoms with van der Waals surface area (Å²) < 4.78 is 0. The Kier molecular flexibility index (Phi) is 5.66. The Morgan fingerprint density at radius 1 is 0.933 bits per heavy atom. The third kappa shape index (κ3) is 3.98. The van der Waals surface area contributed by atoms with Gasteiger partial charge in [0, 0.05) is 37.8 Å². The number of amides is 1. The number of ketones is 1. The number of Topliss-reactive ketones (excluding diaryl/α,β-unsaturated/α-hetero) is 1. The zero-order valence-corrected chi connectivity index (χ0v) is 16.3. The first kappa shape index (κ1) is 19.5. The first-order valence-electron chi connectivity index (χ1n) is 9.75. The van der Waals surface area contributed by atoms with Gasteiger partial charge in [-0.05, 0) is 41.3 Å². The van der Waals surface area contributed by atoms with E-state index in [2.05, 4.69) is 9.97 Å². The SMILES string of the molecule is O=C(CCc1ccccc1)C1=C(O)C(=O)N(Cc2cccnc2)C1c1ccncc1. The molecule has 150 valence electrons. The van der Waals surface area contributed by atoms with E-state index in [1.807, 2.05) is 36.4 Å². The molecule has 3 heterocycles. The van der Waals surface area contributed by atoms with Crippen molar-refractivity contribution in [1.29, 1.82) is 0 Å². The Balaban J connectivity index is 1.64. The zero-order chi connectivity index (χ0) is 20.9. The second-order valence-electron chi connectivity index (χ2n) is 7.15. The van der Waals surface area contributed by atoms with E-state index in [1.165, 1.54) is 4.90 Å². The largest absolute Gasteiger partial charge is 0.503 e. The molecule has 0 radical (unpaired) electrons. The molecule has 0 fully saturated rings. The van der Waals surface area contributed by atoms with Gasteiger partial charge in [0.2, 0.25) is 0 Å². The van der Waals surface area contributed by atoms with Crippen molar-refractivity contribution >= 4 is 11.7 Å². The lowest BCUT2D eigenvalue weighted by molar-refractivity contribution is -0.130. The molecule has 1 unspecified atom stereocenters. The number of benzene rings is 1. The minimum absolute atomic E-state index is 0.144. The minimum Gasteiger partial charge on any atom is -0.503 e. The van der Waals surface area contributed by atoms with Crippen LogP contribution >= 0.6 is 0 Å². The van der Waals surface area contributed by atoms with Crippen molar-refractivity contribution < 1.29 is 14.7 Å². The standard InChI is InChI=1S/C24H21N3O3/c28-20(9-8-17-5-2-1-3-6-17)21-22(19-10-13-25-14-11-19)27(24(30)23(21)29)16-18-7-4-12-26-15-18/h1-7,10-15,22,29H,8-9,16H2. The van der Waals surface area contributed by atoms with Gasteiger partial charge in [-0.1, -0.05) is 36.4 Å². The Bertz CT molecular complexity index is 1070. The molecule has 2 aromatic heterocycles. The van der Waals surface area contributed by atoms with Gasteiger partial charge in [0.05, 0.1) is 11.6 Å². The lowest BCUT2D eigenvalue weighted by Gasteiger charge is -2.26. The first-order valence-corrected chi connectivity index (χ1v) is 9.75. The van der Waals surface area contributed by atoms with Crippen LogP contribution in [0.3, 0.4) is 0 Å². The van der Waals surface area contributed by atoms with Gasteiger partial charge >= 0.3 is 0 Å². The predicted molar refractivity (Wildman–Crippen MR) is 111 cm³/mol. The number of aromatic nitrogens is 2. The molecule has 0 bridgehead atoms. The maximum atomic E-state index is 13.1. The minimum atomic E-state index is -0.663. The predicted octanol–water partition coefficient (Wildman–Crippen LogP) is 3.57. The monoisotopic (exact) mass is 399 g/mol. The quantitative estimate of drug-likeness (QED) is 0.657. The van der Waals surface area contributed by atoms with E-state index >= 15 is 0 Å². The fourth-order valence-electron chi connectivity index (χ4n) is 3.72. The van der Waals surface area contributed by atoms with Crippen LogP contribution in [-0.4, -0.2) is 31.7 Å². The van der Waals surface area contributed by atoms with Gasteiger partial charge in [-0.15, -0.1) is 0 Å². The third-order valence-corrected chi connectivity index (χ3v) is 5.19. The van der Waals surface area contributed by atoms with Gasteiger partial charge in [-0.25, -0.2) is 0 Å². The summed E-state index contributed by atoms with van der Waals surface area (Å²) >= 11 is 0. The van der Waals surface area contributed by atoms with Gasteiger partial charge < -0.3 is 10.0 Å². The molecule has 3 aromatic rings. The molecule has 1 aliphatic heterocycles. The van der Waals surface area contributed by atoms with Crippen LogP contribution in [0, 0.1) is 0 Å². The van der Waals surface area contributed by atoms with Crippen LogP contribution in [0.5, 0.6) is 0 Å². The van der Waals surface area contributed by atoms with E-state index in [-0.39, 0.29) is 24.3 Å². The molecule has 0 spiro atoms. The number of nitrogens with zero attached hydrogens (tertiary/aromatic N) is 3. The Hall–Kier alpha value is -3.80. The topological polar surface area (TPSA) is 83.4 Å². The summed E-state index contributed by atoms with van der Waals surface area (Å²) in [7, 11) is 0. The second kappa shape index (κ2) is 8.69. The molecule has 1 N–H and O–H groups in total. The molecule has 0 aliphatic carbocycles. The molecule has 6 nitrogen and oxygen atoms in total. The molecule has 1 amide bonds. The van der Waals surface area contributed by atoms with Crippen molar-refractivity contribution in [3.63, 3.8) is 0 Å². The summed E-state index contributed by atoms with van der Waals surface area (Å²) in [6.07, 6.45) is 7.30. The lowest BCUT2D eigenvalue weighted by Crippen LogP contribution is -2.30. The molecular formula is C24H21N3O3. The third-order valence-electron chi connectivity index (χ3n) is 5.19. The van der Waals surface area contributed by atoms with E-state index in [0.29, 0.717) is 6.42 Å². The van der Waals surface area contributed by atoms with Gasteiger partial charge in [-0.2, -0.15) is 0 Å². The summed E-state index contributed by atoms with van der Waals surface area (Å²) in [5.41, 5.74) is 2.72. The van der Waals surface area contributed by atoms with Crippen LogP contribution in [0.2, 0.25) is 0 Å². The maximum absolute atomic E-state index is 13.1. The molecule has 1 aromatic carbocycles. The molecule has 30 heavy (non-hydrogen) atoms. The average molecular weight is 399 g/mol. The summed E-state index contributed by atoms with van der Waals surface area (Å²) in [4.78, 5) is 35.7. The lowest BCUT2D eigenvalue weighted by atomic mass is 9.93. The van der Waals surface area contributed by atoms with Crippen molar-refractivity contribution in [1.82, 2.24) is 14.9 Å². The summed E-state index contributed by atoms with van der Waals surface area (Å²) in [5.74, 6) is -1.26. The van der Waals surface area contributed by atoms with Gasteiger partial charge in [0.1, 0.15) is 0 Å². The Labute approximate surface area is 174 Å². The number of rotatable bonds is 7. The van der Waals surface area contributed by atoms with Crippen LogP contribution in [0.15, 0.2) is 90.7 Å². The highest BCUT2D eigenvalue weighted by molar-refractivity contribution is 6.09. The fraction of sp³-hybridized carbons (Fsp3) is 0.167. The Morgan fingerprint density at radius 3 is 2.37 bits per heavy atom. The van der Waals surface area contributed by atoms with Crippen LogP contribution in [0.25, 0.3) is 0 Å². The molecule has 6 heteroatoms. The van der Waals surface area contributed by atoms with E-state index in [1.54, 1.807) is 43.0 Å². The normalized spacial score (nSPS) is 16.2. The number of pyridine rings is 2. The molecule has 1 atom stereocenters. The van der Waals surface area contributed by atoms with E-state index in [0.717, 1.165) is 16.7 Å². The number of carbonyl (C=O) groups excluding carboxylic acids is 2. The van der Waals surface area contributed by atoms with Gasteiger partial charge in [0.15, 0.2) is 11.5 Å². The smallest absolute Gasteiger partial charge is 0.290 e. The fourth-order valence-corrected chi connectivity index (χ4v) is 3.72. The number of aliphatic hydroxyl groups is 1. The van der Waals surface area contributed by atoms with Crippen LogP contribution in [-0.2, 0) is 22.6 Å². The summed E-state index contributed by atoms with van der Waals surface area (Å²) in [5, 5.41) is 10.6. The highest BCUT2D eigenvalue weighted by Gasteiger charge is 2.43. The first-order chi connectivity index (χ1) is 14.6. The van der Waals surface area contributed by atoms with Crippen molar-refractivity contribution in [3.8, 4) is 0 Å². The van der Waals surface area contributed by atoms with Gasteiger partial charge in [-0.3, -0.25) is 19.6 Å². The highest BCUT2D eigenvalue weighted by atomic mass is 16.3.